The first-order valence-corrected chi connectivity index (χ1v) is 14.1. The smallest absolute Gasteiger partial charge is 0.252 e. The van der Waals surface area contributed by atoms with Gasteiger partial charge in [-0.05, 0) is 67.0 Å². The van der Waals surface area contributed by atoms with E-state index in [1.165, 1.54) is 17.8 Å². The Labute approximate surface area is 207 Å². The maximum atomic E-state index is 13.4. The van der Waals surface area contributed by atoms with Gasteiger partial charge in [0.15, 0.2) is 0 Å². The molecule has 1 heterocycles. The molecule has 0 spiro atoms. The number of hydrogen-bond donors (Lipinski definition) is 1. The van der Waals surface area contributed by atoms with Gasteiger partial charge in [0, 0.05) is 34.4 Å². The molecule has 1 aliphatic heterocycles. The minimum Gasteiger partial charge on any atom is -0.352 e. The van der Waals surface area contributed by atoms with Crippen LogP contribution in [0.4, 0.5) is 0 Å². The number of nitrogens with one attached hydrogen (secondary N) is 1. The van der Waals surface area contributed by atoms with Gasteiger partial charge in [-0.2, -0.15) is 4.31 Å². The zero-order valence-electron chi connectivity index (χ0n) is 19.7. The second-order valence-corrected chi connectivity index (χ2v) is 12.9. The Bertz CT molecular complexity index is 1080. The molecule has 0 saturated carbocycles. The minimum atomic E-state index is -3.69. The molecule has 1 amide bonds. The number of sulfonamides is 1. The van der Waals surface area contributed by atoms with Crippen LogP contribution < -0.4 is 5.32 Å². The van der Waals surface area contributed by atoms with E-state index in [1.807, 2.05) is 18.2 Å². The number of carbonyl (C=O) groups excluding carboxylic acids is 1. The Morgan fingerprint density at radius 3 is 2.48 bits per heavy atom. The molecular formula is C25H33ClN2O3S2. The maximum Gasteiger partial charge on any atom is 0.252 e. The Hall–Kier alpha value is -1.54. The van der Waals surface area contributed by atoms with Gasteiger partial charge < -0.3 is 5.32 Å². The molecule has 33 heavy (non-hydrogen) atoms. The summed E-state index contributed by atoms with van der Waals surface area (Å²) in [5.41, 5.74) is 0.364. The summed E-state index contributed by atoms with van der Waals surface area (Å²) in [5.74, 6) is 0.804. The molecule has 0 radical (unpaired) electrons. The highest BCUT2D eigenvalue weighted by Gasteiger charge is 2.32. The normalized spacial score (nSPS) is 19.6. The van der Waals surface area contributed by atoms with Crippen molar-refractivity contribution in [1.29, 1.82) is 0 Å². The number of benzene rings is 2. The number of hydrogen-bond acceptors (Lipinski definition) is 4. The van der Waals surface area contributed by atoms with Crippen LogP contribution in [-0.2, 0) is 10.0 Å². The average Bonchev–Trinajstić information content (AvgIpc) is 2.73. The summed E-state index contributed by atoms with van der Waals surface area (Å²) in [6.07, 6.45) is 1.87. The summed E-state index contributed by atoms with van der Waals surface area (Å²) in [4.78, 5) is 14.8. The Morgan fingerprint density at radius 1 is 1.15 bits per heavy atom. The fourth-order valence-electron chi connectivity index (χ4n) is 4.11. The molecule has 8 heteroatoms. The zero-order chi connectivity index (χ0) is 24.2. The standard InChI is InChI=1S/C25H33ClN2O3S2/c1-17(2)10-11-27-25(29)23-14-22(33(30,31)28-15-18(3)12-19(4)16-28)8-9-24(23)32-21-7-5-6-20(26)13-21/h5-9,13-14,17-19H,10-12,15-16H2,1-4H3,(H,27,29). The van der Waals surface area contributed by atoms with E-state index in [4.69, 9.17) is 11.6 Å². The van der Waals surface area contributed by atoms with Crippen molar-refractivity contribution in [3.05, 3.63) is 53.1 Å². The van der Waals surface area contributed by atoms with Crippen LogP contribution in [-0.4, -0.2) is 38.3 Å². The third-order valence-electron chi connectivity index (χ3n) is 5.70. The summed E-state index contributed by atoms with van der Waals surface area (Å²) in [5, 5.41) is 3.56. The summed E-state index contributed by atoms with van der Waals surface area (Å²) in [6.45, 7) is 9.90. The molecule has 0 aromatic heterocycles. The number of nitrogens with zero attached hydrogens (tertiary/aromatic N) is 1. The highest BCUT2D eigenvalue weighted by molar-refractivity contribution is 7.99. The van der Waals surface area contributed by atoms with E-state index in [1.54, 1.807) is 22.5 Å². The van der Waals surface area contributed by atoms with Crippen LogP contribution in [0.2, 0.25) is 5.02 Å². The molecule has 1 saturated heterocycles. The monoisotopic (exact) mass is 508 g/mol. The van der Waals surface area contributed by atoms with Crippen molar-refractivity contribution < 1.29 is 13.2 Å². The first kappa shape index (κ1) is 26.1. The summed E-state index contributed by atoms with van der Waals surface area (Å²) in [7, 11) is -3.69. The van der Waals surface area contributed by atoms with Crippen molar-refractivity contribution in [3.8, 4) is 0 Å². The molecule has 1 N–H and O–H groups in total. The van der Waals surface area contributed by atoms with E-state index in [2.05, 4.69) is 33.0 Å². The van der Waals surface area contributed by atoms with Crippen molar-refractivity contribution in [1.82, 2.24) is 9.62 Å². The molecule has 180 valence electrons. The molecule has 0 bridgehead atoms. The molecule has 2 atom stereocenters. The molecule has 2 aromatic rings. The number of carbonyl (C=O) groups is 1. The maximum absolute atomic E-state index is 13.4. The summed E-state index contributed by atoms with van der Waals surface area (Å²) >= 11 is 7.53. The highest BCUT2D eigenvalue weighted by atomic mass is 35.5. The number of rotatable bonds is 8. The summed E-state index contributed by atoms with van der Waals surface area (Å²) < 4.78 is 28.4. The van der Waals surface area contributed by atoms with Gasteiger partial charge in [-0.1, -0.05) is 57.1 Å². The molecule has 2 aromatic carbocycles. The quantitative estimate of drug-likeness (QED) is 0.479. The van der Waals surface area contributed by atoms with Gasteiger partial charge in [0.05, 0.1) is 10.5 Å². The Morgan fingerprint density at radius 2 is 1.85 bits per heavy atom. The van der Waals surface area contributed by atoms with Gasteiger partial charge >= 0.3 is 0 Å². The number of amides is 1. The van der Waals surface area contributed by atoms with Crippen LogP contribution in [0.5, 0.6) is 0 Å². The van der Waals surface area contributed by atoms with Crippen LogP contribution in [0.15, 0.2) is 57.2 Å². The second kappa shape index (κ2) is 11.3. The van der Waals surface area contributed by atoms with E-state index in [9.17, 15) is 13.2 Å². The van der Waals surface area contributed by atoms with Gasteiger partial charge in [-0.15, -0.1) is 0 Å². The second-order valence-electron chi connectivity index (χ2n) is 9.42. The number of halogens is 1. The van der Waals surface area contributed by atoms with Crippen molar-refractivity contribution >= 4 is 39.3 Å². The number of piperidine rings is 1. The fourth-order valence-corrected chi connectivity index (χ4v) is 7.06. The molecule has 5 nitrogen and oxygen atoms in total. The van der Waals surface area contributed by atoms with Gasteiger partial charge in [-0.3, -0.25) is 4.79 Å². The molecule has 1 aliphatic rings. The van der Waals surface area contributed by atoms with E-state index in [-0.39, 0.29) is 10.8 Å². The Balaban J connectivity index is 1.95. The van der Waals surface area contributed by atoms with E-state index in [0.717, 1.165) is 17.7 Å². The molecule has 1 fully saturated rings. The third kappa shape index (κ3) is 6.98. The Kier molecular flexibility index (Phi) is 8.89. The highest BCUT2D eigenvalue weighted by Crippen LogP contribution is 2.34. The fraction of sp³-hybridized carbons (Fsp3) is 0.480. The van der Waals surface area contributed by atoms with Crippen LogP contribution in [0.3, 0.4) is 0 Å². The average molecular weight is 509 g/mol. The topological polar surface area (TPSA) is 66.5 Å². The van der Waals surface area contributed by atoms with Gasteiger partial charge in [0.25, 0.3) is 5.91 Å². The molecule has 0 aliphatic carbocycles. The van der Waals surface area contributed by atoms with Gasteiger partial charge in [-0.25, -0.2) is 8.42 Å². The lowest BCUT2D eigenvalue weighted by molar-refractivity contribution is 0.0949. The lowest BCUT2D eigenvalue weighted by Gasteiger charge is -2.34. The van der Waals surface area contributed by atoms with E-state index >= 15 is 0 Å². The van der Waals surface area contributed by atoms with Crippen LogP contribution in [0, 0.1) is 17.8 Å². The zero-order valence-corrected chi connectivity index (χ0v) is 22.1. The van der Waals surface area contributed by atoms with Gasteiger partial charge in [0.1, 0.15) is 0 Å². The minimum absolute atomic E-state index is 0.160. The lowest BCUT2D eigenvalue weighted by Crippen LogP contribution is -2.42. The lowest BCUT2D eigenvalue weighted by atomic mass is 9.94. The van der Waals surface area contributed by atoms with E-state index < -0.39 is 10.0 Å². The summed E-state index contributed by atoms with van der Waals surface area (Å²) in [6, 6.07) is 12.2. The van der Waals surface area contributed by atoms with Crippen molar-refractivity contribution in [3.63, 3.8) is 0 Å². The van der Waals surface area contributed by atoms with Crippen molar-refractivity contribution in [2.24, 2.45) is 17.8 Å². The van der Waals surface area contributed by atoms with Crippen LogP contribution in [0.25, 0.3) is 0 Å². The van der Waals surface area contributed by atoms with Crippen LogP contribution in [0.1, 0.15) is 50.9 Å². The molecule has 2 unspecified atom stereocenters. The molecular weight excluding hydrogens is 476 g/mol. The first-order valence-electron chi connectivity index (χ1n) is 11.4. The SMILES string of the molecule is CC(C)CCNC(=O)c1cc(S(=O)(=O)N2CC(C)CC(C)C2)ccc1Sc1cccc(Cl)c1. The van der Waals surface area contributed by atoms with E-state index in [0.29, 0.717) is 52.9 Å². The first-order chi connectivity index (χ1) is 15.6. The predicted molar refractivity (Wildman–Crippen MR) is 136 cm³/mol. The van der Waals surface area contributed by atoms with Crippen molar-refractivity contribution in [2.45, 2.75) is 55.2 Å². The third-order valence-corrected chi connectivity index (χ3v) is 8.83. The molecule has 3 rings (SSSR count). The van der Waals surface area contributed by atoms with Crippen LogP contribution >= 0.6 is 23.4 Å². The van der Waals surface area contributed by atoms with Crippen molar-refractivity contribution in [2.75, 3.05) is 19.6 Å². The van der Waals surface area contributed by atoms with Gasteiger partial charge in [0.2, 0.25) is 10.0 Å². The predicted octanol–water partition coefficient (Wildman–Crippen LogP) is 5.93. The largest absolute Gasteiger partial charge is 0.352 e.